The van der Waals surface area contributed by atoms with Crippen molar-refractivity contribution in [2.75, 3.05) is 31.1 Å². The number of hydrogen-bond donors (Lipinski definition) is 0. The predicted octanol–water partition coefficient (Wildman–Crippen LogP) is 2.74. The van der Waals surface area contributed by atoms with Crippen molar-refractivity contribution < 1.29 is 0 Å². The zero-order valence-electron chi connectivity index (χ0n) is 16.5. The zero-order valence-corrected chi connectivity index (χ0v) is 16.5. The second kappa shape index (κ2) is 7.47. The van der Waals surface area contributed by atoms with Gasteiger partial charge in [0.1, 0.15) is 17.5 Å². The van der Waals surface area contributed by atoms with Crippen molar-refractivity contribution in [3.63, 3.8) is 0 Å². The van der Waals surface area contributed by atoms with Crippen LogP contribution < -0.4 is 4.90 Å². The Balaban J connectivity index is 1.26. The first-order chi connectivity index (χ1) is 13.8. The summed E-state index contributed by atoms with van der Waals surface area (Å²) in [5.41, 5.74) is 1.91. The maximum Gasteiger partial charge on any atom is 0.147 e. The molecule has 4 heterocycles. The first kappa shape index (κ1) is 17.6. The summed E-state index contributed by atoms with van der Waals surface area (Å²) in [4.78, 5) is 14.2. The number of benzene rings is 1. The van der Waals surface area contributed by atoms with E-state index in [-0.39, 0.29) is 0 Å². The third kappa shape index (κ3) is 3.35. The highest BCUT2D eigenvalue weighted by Crippen LogP contribution is 2.29. The van der Waals surface area contributed by atoms with Gasteiger partial charge >= 0.3 is 0 Å². The van der Waals surface area contributed by atoms with E-state index in [0.717, 1.165) is 61.0 Å². The van der Waals surface area contributed by atoms with Crippen LogP contribution in [0.25, 0.3) is 11.0 Å². The number of nitrogens with zero attached hydrogens (tertiary/aromatic N) is 7. The van der Waals surface area contributed by atoms with Gasteiger partial charge in [-0.3, -0.25) is 9.88 Å². The van der Waals surface area contributed by atoms with E-state index in [1.807, 2.05) is 30.5 Å². The third-order valence-corrected chi connectivity index (χ3v) is 6.18. The number of hydrogen-bond acceptors (Lipinski definition) is 6. The van der Waals surface area contributed by atoms with E-state index in [0.29, 0.717) is 5.92 Å². The molecule has 0 unspecified atom stereocenters. The van der Waals surface area contributed by atoms with Crippen molar-refractivity contribution in [2.24, 2.45) is 7.05 Å². The minimum atomic E-state index is 0.467. The highest BCUT2D eigenvalue weighted by Gasteiger charge is 2.26. The van der Waals surface area contributed by atoms with Crippen LogP contribution in [0, 0.1) is 0 Å². The maximum absolute atomic E-state index is 4.80. The fourth-order valence-electron chi connectivity index (χ4n) is 4.48. The lowest BCUT2D eigenvalue weighted by molar-refractivity contribution is 0.317. The Morgan fingerprint density at radius 2 is 1.71 bits per heavy atom. The summed E-state index contributed by atoms with van der Waals surface area (Å²) in [5.74, 6) is 3.68. The summed E-state index contributed by atoms with van der Waals surface area (Å²) in [5, 5.41) is 9.06. The van der Waals surface area contributed by atoms with E-state index in [9.17, 15) is 0 Å². The van der Waals surface area contributed by atoms with Gasteiger partial charge in [-0.05, 0) is 50.9 Å². The number of fused-ring (bicyclic) bond motifs is 1. The lowest BCUT2D eigenvalue weighted by atomic mass is 9.96. The molecule has 2 aliphatic rings. The SMILES string of the molecule is Cn1c(CN2CCCC2)nnc1C1CCN(c2cnc3ccccc3n2)CC1. The predicted molar refractivity (Wildman–Crippen MR) is 109 cm³/mol. The van der Waals surface area contributed by atoms with Crippen LogP contribution in [0.5, 0.6) is 0 Å². The molecule has 0 saturated carbocycles. The molecule has 7 nitrogen and oxygen atoms in total. The minimum absolute atomic E-state index is 0.467. The van der Waals surface area contributed by atoms with Crippen LogP contribution >= 0.6 is 0 Å². The molecule has 0 amide bonds. The average Bonchev–Trinajstić information content (AvgIpc) is 3.38. The van der Waals surface area contributed by atoms with Crippen LogP contribution in [0.3, 0.4) is 0 Å². The number of rotatable bonds is 4. The van der Waals surface area contributed by atoms with Crippen molar-refractivity contribution in [2.45, 2.75) is 38.1 Å². The topological polar surface area (TPSA) is 63.0 Å². The standard InChI is InChI=1S/C21H27N7/c1-26-20(15-27-10-4-5-11-27)24-25-21(26)16-8-12-28(13-9-16)19-14-22-17-6-2-3-7-18(17)23-19/h2-3,6-7,14,16H,4-5,8-13,15H2,1H3. The van der Waals surface area contributed by atoms with Crippen LogP contribution in [0.4, 0.5) is 5.82 Å². The van der Waals surface area contributed by atoms with Gasteiger partial charge < -0.3 is 9.47 Å². The smallest absolute Gasteiger partial charge is 0.147 e. The molecule has 1 aromatic carbocycles. The Hall–Kier alpha value is -2.54. The first-order valence-electron chi connectivity index (χ1n) is 10.4. The van der Waals surface area contributed by atoms with Crippen LogP contribution in [0.2, 0.25) is 0 Å². The third-order valence-electron chi connectivity index (χ3n) is 6.18. The molecule has 3 aromatic rings. The van der Waals surface area contributed by atoms with Crippen LogP contribution in [-0.2, 0) is 13.6 Å². The molecule has 28 heavy (non-hydrogen) atoms. The fourth-order valence-corrected chi connectivity index (χ4v) is 4.48. The highest BCUT2D eigenvalue weighted by atomic mass is 15.3. The molecule has 0 bridgehead atoms. The molecular weight excluding hydrogens is 350 g/mol. The van der Waals surface area contributed by atoms with E-state index >= 15 is 0 Å². The summed E-state index contributed by atoms with van der Waals surface area (Å²) in [7, 11) is 2.13. The molecule has 0 spiro atoms. The second-order valence-electron chi connectivity index (χ2n) is 7.99. The molecule has 0 aliphatic carbocycles. The monoisotopic (exact) mass is 377 g/mol. The molecule has 5 rings (SSSR count). The van der Waals surface area contributed by atoms with Crippen molar-refractivity contribution in [1.82, 2.24) is 29.6 Å². The second-order valence-corrected chi connectivity index (χ2v) is 7.99. The van der Waals surface area contributed by atoms with Gasteiger partial charge in [0.25, 0.3) is 0 Å². The number of likely N-dealkylation sites (tertiary alicyclic amines) is 1. The molecule has 2 fully saturated rings. The summed E-state index contributed by atoms with van der Waals surface area (Å²) in [6.07, 6.45) is 6.66. The molecular formula is C21H27N7. The Bertz CT molecular complexity index is 952. The Kier molecular flexibility index (Phi) is 4.68. The largest absolute Gasteiger partial charge is 0.355 e. The average molecular weight is 377 g/mol. The number of piperidine rings is 1. The Labute approximate surface area is 165 Å². The van der Waals surface area contributed by atoms with Gasteiger partial charge in [-0.2, -0.15) is 0 Å². The normalized spacial score (nSPS) is 19.0. The Morgan fingerprint density at radius 3 is 2.50 bits per heavy atom. The minimum Gasteiger partial charge on any atom is -0.355 e. The lowest BCUT2D eigenvalue weighted by Crippen LogP contribution is -2.34. The fraction of sp³-hybridized carbons (Fsp3) is 0.524. The lowest BCUT2D eigenvalue weighted by Gasteiger charge is -2.32. The van der Waals surface area contributed by atoms with Crippen LogP contribution in [-0.4, -0.2) is 55.8 Å². The van der Waals surface area contributed by atoms with E-state index in [4.69, 9.17) is 4.98 Å². The molecule has 146 valence electrons. The summed E-state index contributed by atoms with van der Waals surface area (Å²) in [6, 6.07) is 8.05. The molecule has 0 N–H and O–H groups in total. The van der Waals surface area contributed by atoms with Crippen LogP contribution in [0.15, 0.2) is 30.5 Å². The molecule has 2 aliphatic heterocycles. The van der Waals surface area contributed by atoms with Crippen LogP contribution in [0.1, 0.15) is 43.3 Å². The van der Waals surface area contributed by atoms with Crippen molar-refractivity contribution >= 4 is 16.9 Å². The van der Waals surface area contributed by atoms with E-state index in [1.165, 1.54) is 25.9 Å². The highest BCUT2D eigenvalue weighted by molar-refractivity contribution is 5.75. The first-order valence-corrected chi connectivity index (χ1v) is 10.4. The Morgan fingerprint density at radius 1 is 0.964 bits per heavy atom. The number of anilines is 1. The maximum atomic E-state index is 4.80. The van der Waals surface area contributed by atoms with Crippen molar-refractivity contribution in [3.8, 4) is 0 Å². The summed E-state index contributed by atoms with van der Waals surface area (Å²) in [6.45, 7) is 5.26. The van der Waals surface area contributed by atoms with Gasteiger partial charge in [0, 0.05) is 26.1 Å². The molecule has 2 saturated heterocycles. The van der Waals surface area contributed by atoms with Gasteiger partial charge in [0.2, 0.25) is 0 Å². The molecule has 0 atom stereocenters. The zero-order chi connectivity index (χ0) is 18.9. The quantitative estimate of drug-likeness (QED) is 0.697. The van der Waals surface area contributed by atoms with Gasteiger partial charge in [-0.15, -0.1) is 10.2 Å². The van der Waals surface area contributed by atoms with E-state index in [2.05, 4.69) is 36.6 Å². The summed E-state index contributed by atoms with van der Waals surface area (Å²) >= 11 is 0. The van der Waals surface area contributed by atoms with E-state index in [1.54, 1.807) is 0 Å². The van der Waals surface area contributed by atoms with Gasteiger partial charge in [0.05, 0.1) is 23.8 Å². The van der Waals surface area contributed by atoms with Gasteiger partial charge in [0.15, 0.2) is 0 Å². The number of aromatic nitrogens is 5. The van der Waals surface area contributed by atoms with Crippen molar-refractivity contribution in [3.05, 3.63) is 42.1 Å². The van der Waals surface area contributed by atoms with Crippen molar-refractivity contribution in [1.29, 1.82) is 0 Å². The summed E-state index contributed by atoms with van der Waals surface area (Å²) < 4.78 is 2.23. The van der Waals surface area contributed by atoms with Gasteiger partial charge in [-0.25, -0.2) is 4.98 Å². The number of para-hydroxylation sites is 2. The molecule has 2 aromatic heterocycles. The molecule has 7 heteroatoms. The molecule has 0 radical (unpaired) electrons. The van der Waals surface area contributed by atoms with E-state index < -0.39 is 0 Å². The van der Waals surface area contributed by atoms with Gasteiger partial charge in [-0.1, -0.05) is 12.1 Å².